The highest BCUT2D eigenvalue weighted by Crippen LogP contribution is 2.31. The van der Waals surface area contributed by atoms with Gasteiger partial charge in [0.1, 0.15) is 6.61 Å². The van der Waals surface area contributed by atoms with Gasteiger partial charge in [0, 0.05) is 19.6 Å². The van der Waals surface area contributed by atoms with E-state index in [0.717, 1.165) is 38.0 Å². The number of nitrogens with zero attached hydrogens (tertiary/aromatic N) is 2. The molecule has 0 aromatic heterocycles. The van der Waals surface area contributed by atoms with Crippen LogP contribution in [0, 0.1) is 5.92 Å². The van der Waals surface area contributed by atoms with E-state index in [2.05, 4.69) is 0 Å². The number of carbonyl (C=O) groups is 1. The number of fused-ring (bicyclic) bond motifs is 1. The van der Waals surface area contributed by atoms with Crippen LogP contribution in [0.3, 0.4) is 0 Å². The number of thiocarbonyl (C=S) groups is 1. The molecule has 0 bridgehead atoms. The number of nitrogens with two attached hydrogens (primary N) is 1. The normalized spacial score (nSPS) is 24.0. The van der Waals surface area contributed by atoms with E-state index in [1.54, 1.807) is 0 Å². The Hall–Kier alpha value is -1.82. The van der Waals surface area contributed by atoms with Crippen LogP contribution in [0.15, 0.2) is 30.3 Å². The molecule has 5 nitrogen and oxygen atoms in total. The molecule has 0 spiro atoms. The first-order chi connectivity index (χ1) is 10.6. The predicted molar refractivity (Wildman–Crippen MR) is 88.2 cm³/mol. The summed E-state index contributed by atoms with van der Waals surface area (Å²) in [7, 11) is 0. The third kappa shape index (κ3) is 3.16. The van der Waals surface area contributed by atoms with Gasteiger partial charge in [0.25, 0.3) is 0 Å². The zero-order valence-corrected chi connectivity index (χ0v) is 13.3. The molecule has 0 radical (unpaired) electrons. The van der Waals surface area contributed by atoms with Crippen molar-refractivity contribution in [3.63, 3.8) is 0 Å². The average molecular weight is 319 g/mol. The molecule has 3 rings (SSSR count). The minimum Gasteiger partial charge on any atom is -0.445 e. The second-order valence-electron chi connectivity index (χ2n) is 5.95. The summed E-state index contributed by atoms with van der Waals surface area (Å²) >= 11 is 5.07. The third-order valence-corrected chi connectivity index (χ3v) is 4.79. The van der Waals surface area contributed by atoms with Gasteiger partial charge in [-0.2, -0.15) is 0 Å². The van der Waals surface area contributed by atoms with E-state index in [9.17, 15) is 4.79 Å². The summed E-state index contributed by atoms with van der Waals surface area (Å²) in [5, 5.41) is 0.423. The van der Waals surface area contributed by atoms with Crippen molar-refractivity contribution in [1.82, 2.24) is 9.80 Å². The Bertz CT molecular complexity index is 552. The van der Waals surface area contributed by atoms with E-state index < -0.39 is 0 Å². The number of amides is 1. The van der Waals surface area contributed by atoms with Crippen LogP contribution in [0.2, 0.25) is 0 Å². The molecule has 1 aromatic rings. The number of hydrogen-bond acceptors (Lipinski definition) is 3. The summed E-state index contributed by atoms with van der Waals surface area (Å²) in [6.45, 7) is 2.63. The van der Waals surface area contributed by atoms with Crippen molar-refractivity contribution in [3.8, 4) is 0 Å². The molecule has 2 N–H and O–H groups in total. The lowest BCUT2D eigenvalue weighted by Crippen LogP contribution is -2.48. The molecule has 2 atom stereocenters. The van der Waals surface area contributed by atoms with Crippen molar-refractivity contribution < 1.29 is 9.53 Å². The maximum atomic E-state index is 12.4. The van der Waals surface area contributed by atoms with E-state index in [1.807, 2.05) is 40.1 Å². The molecule has 2 unspecified atom stereocenters. The van der Waals surface area contributed by atoms with Gasteiger partial charge in [0.2, 0.25) is 0 Å². The molecular formula is C16H21N3O2S. The number of ether oxygens (including phenoxy) is 1. The highest BCUT2D eigenvalue weighted by Gasteiger charge is 2.41. The second-order valence-corrected chi connectivity index (χ2v) is 6.36. The molecule has 118 valence electrons. The Labute approximate surface area is 136 Å². The van der Waals surface area contributed by atoms with Crippen molar-refractivity contribution in [2.24, 2.45) is 11.7 Å². The van der Waals surface area contributed by atoms with Gasteiger partial charge in [0.05, 0.1) is 6.04 Å². The van der Waals surface area contributed by atoms with Gasteiger partial charge in [-0.1, -0.05) is 30.3 Å². The first kappa shape index (κ1) is 15.1. The summed E-state index contributed by atoms with van der Waals surface area (Å²) in [4.78, 5) is 16.3. The Morgan fingerprint density at radius 2 is 2.09 bits per heavy atom. The van der Waals surface area contributed by atoms with Gasteiger partial charge in [-0.25, -0.2) is 4.79 Å². The molecule has 2 heterocycles. The smallest absolute Gasteiger partial charge is 0.410 e. The van der Waals surface area contributed by atoms with Gasteiger partial charge in [0.15, 0.2) is 5.11 Å². The zero-order valence-electron chi connectivity index (χ0n) is 12.5. The Morgan fingerprint density at radius 1 is 1.32 bits per heavy atom. The van der Waals surface area contributed by atoms with E-state index in [1.165, 1.54) is 0 Å². The van der Waals surface area contributed by atoms with Crippen LogP contribution in [0.1, 0.15) is 18.4 Å². The summed E-state index contributed by atoms with van der Waals surface area (Å²) in [6, 6.07) is 9.91. The molecular weight excluding hydrogens is 298 g/mol. The van der Waals surface area contributed by atoms with Gasteiger partial charge < -0.3 is 20.3 Å². The molecule has 2 fully saturated rings. The quantitative estimate of drug-likeness (QED) is 0.845. The summed E-state index contributed by atoms with van der Waals surface area (Å²) < 4.78 is 5.48. The first-order valence-electron chi connectivity index (χ1n) is 7.67. The van der Waals surface area contributed by atoms with Crippen LogP contribution in [0.4, 0.5) is 4.79 Å². The van der Waals surface area contributed by atoms with Crippen LogP contribution >= 0.6 is 12.2 Å². The van der Waals surface area contributed by atoms with E-state index in [-0.39, 0.29) is 12.1 Å². The molecule has 2 aliphatic heterocycles. The lowest BCUT2D eigenvalue weighted by atomic mass is 9.92. The molecule has 6 heteroatoms. The Morgan fingerprint density at radius 3 is 2.82 bits per heavy atom. The maximum Gasteiger partial charge on any atom is 0.410 e. The number of rotatable bonds is 2. The van der Waals surface area contributed by atoms with E-state index in [4.69, 9.17) is 22.7 Å². The minimum atomic E-state index is -0.233. The number of likely N-dealkylation sites (tertiary alicyclic amines) is 2. The van der Waals surface area contributed by atoms with Gasteiger partial charge in [-0.05, 0) is 36.5 Å². The lowest BCUT2D eigenvalue weighted by Gasteiger charge is -2.35. The van der Waals surface area contributed by atoms with Gasteiger partial charge in [-0.15, -0.1) is 0 Å². The van der Waals surface area contributed by atoms with Crippen LogP contribution in [0.25, 0.3) is 0 Å². The van der Waals surface area contributed by atoms with Crippen LogP contribution < -0.4 is 5.73 Å². The lowest BCUT2D eigenvalue weighted by molar-refractivity contribution is 0.0611. The molecule has 0 saturated carbocycles. The summed E-state index contributed by atoms with van der Waals surface area (Å²) in [6.07, 6.45) is 1.89. The molecule has 0 aliphatic carbocycles. The highest BCUT2D eigenvalue weighted by molar-refractivity contribution is 7.80. The molecule has 2 aliphatic rings. The minimum absolute atomic E-state index is 0.165. The van der Waals surface area contributed by atoms with Crippen molar-refractivity contribution >= 4 is 23.4 Å². The average Bonchev–Trinajstić information content (AvgIpc) is 2.98. The molecule has 1 aromatic carbocycles. The fourth-order valence-electron chi connectivity index (χ4n) is 3.39. The fraction of sp³-hybridized carbons (Fsp3) is 0.500. The molecule has 22 heavy (non-hydrogen) atoms. The van der Waals surface area contributed by atoms with Crippen molar-refractivity contribution in [2.45, 2.75) is 25.5 Å². The number of piperidine rings is 1. The number of hydrogen-bond donors (Lipinski definition) is 1. The molecule has 2 saturated heterocycles. The summed E-state index contributed by atoms with van der Waals surface area (Å²) in [5.74, 6) is 0.444. The largest absolute Gasteiger partial charge is 0.445 e. The fourth-order valence-corrected chi connectivity index (χ4v) is 3.54. The van der Waals surface area contributed by atoms with Crippen LogP contribution in [0.5, 0.6) is 0 Å². The number of carbonyl (C=O) groups excluding carboxylic acids is 1. The maximum absolute atomic E-state index is 12.4. The van der Waals surface area contributed by atoms with Crippen molar-refractivity contribution in [1.29, 1.82) is 0 Å². The first-order valence-corrected chi connectivity index (χ1v) is 8.07. The highest BCUT2D eigenvalue weighted by atomic mass is 32.1. The second kappa shape index (κ2) is 6.52. The van der Waals surface area contributed by atoms with Gasteiger partial charge >= 0.3 is 6.09 Å². The Balaban J connectivity index is 1.61. The SMILES string of the molecule is NC(=S)N1CC2CCCN(C(=O)OCc3ccccc3)C2C1. The van der Waals surface area contributed by atoms with Crippen molar-refractivity contribution in [3.05, 3.63) is 35.9 Å². The van der Waals surface area contributed by atoms with Crippen LogP contribution in [-0.4, -0.2) is 46.7 Å². The predicted octanol–water partition coefficient (Wildman–Crippen LogP) is 1.96. The van der Waals surface area contributed by atoms with Gasteiger partial charge in [-0.3, -0.25) is 0 Å². The van der Waals surface area contributed by atoms with E-state index in [0.29, 0.717) is 17.6 Å². The molecule has 1 amide bonds. The van der Waals surface area contributed by atoms with E-state index >= 15 is 0 Å². The Kier molecular flexibility index (Phi) is 4.47. The monoisotopic (exact) mass is 319 g/mol. The topological polar surface area (TPSA) is 58.8 Å². The van der Waals surface area contributed by atoms with Crippen LogP contribution in [-0.2, 0) is 11.3 Å². The standard InChI is InChI=1S/C16H21N3O2S/c17-15(22)18-9-13-7-4-8-19(14(13)10-18)16(20)21-11-12-5-2-1-3-6-12/h1-3,5-6,13-14H,4,7-11H2,(H2,17,22). The number of benzene rings is 1. The third-order valence-electron chi connectivity index (χ3n) is 4.53. The zero-order chi connectivity index (χ0) is 15.5. The summed E-state index contributed by atoms with van der Waals surface area (Å²) in [5.41, 5.74) is 6.73. The van der Waals surface area contributed by atoms with Crippen molar-refractivity contribution in [2.75, 3.05) is 19.6 Å².